The van der Waals surface area contributed by atoms with E-state index in [0.29, 0.717) is 45.7 Å². The maximum atomic E-state index is 13.3. The largest absolute Gasteiger partial charge is 0.497 e. The third kappa shape index (κ3) is 5.24. The number of para-hydroxylation sites is 1. The zero-order valence-corrected chi connectivity index (χ0v) is 21.5. The van der Waals surface area contributed by atoms with Gasteiger partial charge in [-0.3, -0.25) is 9.36 Å². The van der Waals surface area contributed by atoms with Gasteiger partial charge in [0.15, 0.2) is 5.82 Å². The molecular weight excluding hydrogens is 482 g/mol. The van der Waals surface area contributed by atoms with Gasteiger partial charge in [0.2, 0.25) is 11.9 Å². The number of aryl methyl sites for hydroxylation is 2. The van der Waals surface area contributed by atoms with E-state index in [1.54, 1.807) is 50.0 Å². The number of ether oxygens (including phenoxy) is 2. The molecule has 5 aromatic rings. The van der Waals surface area contributed by atoms with Crippen molar-refractivity contribution >= 4 is 34.2 Å². The maximum absolute atomic E-state index is 13.3. The molecule has 0 bridgehead atoms. The Morgan fingerprint density at radius 1 is 0.816 bits per heavy atom. The van der Waals surface area contributed by atoms with Gasteiger partial charge in [-0.15, -0.1) is 0 Å². The topological polar surface area (TPSA) is 116 Å². The van der Waals surface area contributed by atoms with Crippen LogP contribution in [0.1, 0.15) is 17.2 Å². The fraction of sp³-hybridized carbons (Fsp3) is 0.179. The third-order valence-corrected chi connectivity index (χ3v) is 5.99. The van der Waals surface area contributed by atoms with Gasteiger partial charge in [-0.2, -0.15) is 15.0 Å². The molecule has 10 heteroatoms. The normalized spacial score (nSPS) is 10.8. The molecule has 2 heterocycles. The van der Waals surface area contributed by atoms with Gasteiger partial charge in [0.05, 0.1) is 37.4 Å². The summed E-state index contributed by atoms with van der Waals surface area (Å²) < 4.78 is 12.4. The molecule has 0 atom stereocenters. The molecule has 0 saturated carbocycles. The van der Waals surface area contributed by atoms with Gasteiger partial charge in [0.25, 0.3) is 5.56 Å². The summed E-state index contributed by atoms with van der Waals surface area (Å²) in [6.07, 6.45) is 0. The lowest BCUT2D eigenvalue weighted by Gasteiger charge is -2.15. The standard InChI is InChI=1S/C28H27N7O3/c1-17-9-11-19(12-10-17)30-27-32-25(16-35-18(2)29-22-8-6-5-7-21(22)26(35)36)33-28(34-27)31-23-15-20(37-3)13-14-24(23)38-4/h5-15H,16H2,1-4H3,(H2,30,31,32,33,34). The summed E-state index contributed by atoms with van der Waals surface area (Å²) >= 11 is 0. The van der Waals surface area contributed by atoms with Gasteiger partial charge in [-0.05, 0) is 50.2 Å². The van der Waals surface area contributed by atoms with E-state index in [-0.39, 0.29) is 18.1 Å². The second-order valence-electron chi connectivity index (χ2n) is 8.65. The lowest BCUT2D eigenvalue weighted by molar-refractivity contribution is 0.405. The molecule has 0 unspecified atom stereocenters. The summed E-state index contributed by atoms with van der Waals surface area (Å²) in [4.78, 5) is 31.7. The molecule has 3 aromatic carbocycles. The number of benzene rings is 3. The first-order valence-corrected chi connectivity index (χ1v) is 12.0. The summed E-state index contributed by atoms with van der Waals surface area (Å²) in [6.45, 7) is 3.92. The molecule has 0 fully saturated rings. The fourth-order valence-corrected chi connectivity index (χ4v) is 4.01. The molecule has 10 nitrogen and oxygen atoms in total. The first-order chi connectivity index (χ1) is 18.4. The van der Waals surface area contributed by atoms with Crippen LogP contribution in [0.3, 0.4) is 0 Å². The zero-order valence-electron chi connectivity index (χ0n) is 21.5. The van der Waals surface area contributed by atoms with Crippen molar-refractivity contribution in [2.75, 3.05) is 24.9 Å². The van der Waals surface area contributed by atoms with Crippen molar-refractivity contribution < 1.29 is 9.47 Å². The quantitative estimate of drug-likeness (QED) is 0.306. The van der Waals surface area contributed by atoms with Gasteiger partial charge in [0, 0.05) is 11.8 Å². The van der Waals surface area contributed by atoms with E-state index >= 15 is 0 Å². The van der Waals surface area contributed by atoms with Crippen LogP contribution in [0.25, 0.3) is 10.9 Å². The van der Waals surface area contributed by atoms with Crippen LogP contribution in [-0.4, -0.2) is 38.7 Å². The highest BCUT2D eigenvalue weighted by atomic mass is 16.5. The maximum Gasteiger partial charge on any atom is 0.261 e. The average Bonchev–Trinajstić information content (AvgIpc) is 2.92. The molecule has 2 N–H and O–H groups in total. The minimum absolute atomic E-state index is 0.109. The van der Waals surface area contributed by atoms with Crippen LogP contribution in [0.15, 0.2) is 71.5 Å². The van der Waals surface area contributed by atoms with E-state index in [9.17, 15) is 4.79 Å². The SMILES string of the molecule is COc1ccc(OC)c(Nc2nc(Cn3c(C)nc4ccccc4c3=O)nc(Nc3ccc(C)cc3)n2)c1. The number of fused-ring (bicyclic) bond motifs is 1. The molecule has 0 aliphatic rings. The summed E-state index contributed by atoms with van der Waals surface area (Å²) in [5, 5.41) is 6.97. The molecule has 5 rings (SSSR count). The number of anilines is 4. The molecule has 0 aliphatic carbocycles. The number of rotatable bonds is 8. The fourth-order valence-electron chi connectivity index (χ4n) is 4.01. The molecular formula is C28H27N7O3. The van der Waals surface area contributed by atoms with Gasteiger partial charge < -0.3 is 20.1 Å². The second-order valence-corrected chi connectivity index (χ2v) is 8.65. The number of nitrogens with one attached hydrogen (secondary N) is 2. The van der Waals surface area contributed by atoms with Crippen molar-refractivity contribution in [3.05, 3.63) is 94.3 Å². The smallest absolute Gasteiger partial charge is 0.261 e. The minimum Gasteiger partial charge on any atom is -0.497 e. The van der Waals surface area contributed by atoms with Crippen molar-refractivity contribution in [1.29, 1.82) is 0 Å². The Kier molecular flexibility index (Phi) is 6.86. The van der Waals surface area contributed by atoms with Crippen LogP contribution in [-0.2, 0) is 6.54 Å². The van der Waals surface area contributed by atoms with E-state index in [4.69, 9.17) is 9.47 Å². The number of nitrogens with zero attached hydrogens (tertiary/aromatic N) is 5. The van der Waals surface area contributed by atoms with Crippen LogP contribution in [0.2, 0.25) is 0 Å². The number of aromatic nitrogens is 5. The van der Waals surface area contributed by atoms with E-state index in [2.05, 4.69) is 30.6 Å². The predicted molar refractivity (Wildman–Crippen MR) is 147 cm³/mol. The second kappa shape index (κ2) is 10.6. The highest BCUT2D eigenvalue weighted by Crippen LogP contribution is 2.31. The number of hydrogen-bond donors (Lipinski definition) is 2. The number of methoxy groups -OCH3 is 2. The number of hydrogen-bond acceptors (Lipinski definition) is 9. The molecule has 38 heavy (non-hydrogen) atoms. The molecule has 0 spiro atoms. The van der Waals surface area contributed by atoms with Crippen molar-refractivity contribution in [3.63, 3.8) is 0 Å². The van der Waals surface area contributed by atoms with E-state index in [1.807, 2.05) is 49.4 Å². The molecule has 0 amide bonds. The van der Waals surface area contributed by atoms with Crippen molar-refractivity contribution in [1.82, 2.24) is 24.5 Å². The Hall–Kier alpha value is -4.99. The zero-order chi connectivity index (χ0) is 26.6. The van der Waals surface area contributed by atoms with E-state index < -0.39 is 0 Å². The molecule has 2 aromatic heterocycles. The molecule has 0 radical (unpaired) electrons. The van der Waals surface area contributed by atoms with Crippen LogP contribution in [0.4, 0.5) is 23.3 Å². The summed E-state index contributed by atoms with van der Waals surface area (Å²) in [5.41, 5.74) is 3.06. The van der Waals surface area contributed by atoms with Crippen LogP contribution >= 0.6 is 0 Å². The Balaban J connectivity index is 1.56. The summed E-state index contributed by atoms with van der Waals surface area (Å²) in [5.74, 6) is 2.77. The van der Waals surface area contributed by atoms with Crippen molar-refractivity contribution in [3.8, 4) is 11.5 Å². The van der Waals surface area contributed by atoms with Crippen LogP contribution in [0.5, 0.6) is 11.5 Å². The monoisotopic (exact) mass is 509 g/mol. The highest BCUT2D eigenvalue weighted by Gasteiger charge is 2.14. The molecule has 192 valence electrons. The molecule has 0 saturated heterocycles. The van der Waals surface area contributed by atoms with Crippen LogP contribution in [0, 0.1) is 13.8 Å². The predicted octanol–water partition coefficient (Wildman–Crippen LogP) is 4.75. The van der Waals surface area contributed by atoms with Gasteiger partial charge >= 0.3 is 0 Å². The minimum atomic E-state index is -0.162. The van der Waals surface area contributed by atoms with Gasteiger partial charge in [-0.25, -0.2) is 4.98 Å². The van der Waals surface area contributed by atoms with E-state index in [1.165, 1.54) is 0 Å². The van der Waals surface area contributed by atoms with Crippen molar-refractivity contribution in [2.45, 2.75) is 20.4 Å². The van der Waals surface area contributed by atoms with Crippen LogP contribution < -0.4 is 25.7 Å². The third-order valence-electron chi connectivity index (χ3n) is 5.99. The Labute approximate surface area is 219 Å². The highest BCUT2D eigenvalue weighted by molar-refractivity contribution is 5.77. The van der Waals surface area contributed by atoms with Gasteiger partial charge in [-0.1, -0.05) is 29.8 Å². The van der Waals surface area contributed by atoms with Gasteiger partial charge in [0.1, 0.15) is 17.3 Å². The first kappa shape index (κ1) is 24.7. The van der Waals surface area contributed by atoms with E-state index in [0.717, 1.165) is 11.3 Å². The average molecular weight is 510 g/mol. The Morgan fingerprint density at radius 3 is 2.29 bits per heavy atom. The summed E-state index contributed by atoms with van der Waals surface area (Å²) in [6, 6.07) is 20.5. The summed E-state index contributed by atoms with van der Waals surface area (Å²) in [7, 11) is 3.17. The molecule has 0 aliphatic heterocycles. The first-order valence-electron chi connectivity index (χ1n) is 12.0. The lowest BCUT2D eigenvalue weighted by atomic mass is 10.2. The Bertz CT molecular complexity index is 1670. The van der Waals surface area contributed by atoms with Crippen molar-refractivity contribution in [2.24, 2.45) is 0 Å². The lowest BCUT2D eigenvalue weighted by Crippen LogP contribution is -2.25. The Morgan fingerprint density at radius 2 is 1.55 bits per heavy atom.